The summed E-state index contributed by atoms with van der Waals surface area (Å²) in [7, 11) is 2.12. The van der Waals surface area contributed by atoms with Crippen LogP contribution in [0.5, 0.6) is 5.75 Å². The van der Waals surface area contributed by atoms with E-state index in [1.807, 2.05) is 12.1 Å². The van der Waals surface area contributed by atoms with Gasteiger partial charge in [0, 0.05) is 35.5 Å². The van der Waals surface area contributed by atoms with Gasteiger partial charge in [-0.05, 0) is 48.9 Å². The van der Waals surface area contributed by atoms with E-state index in [0.29, 0.717) is 22.0 Å². The molecule has 1 N–H and O–H groups in total. The monoisotopic (exact) mass is 451 g/mol. The summed E-state index contributed by atoms with van der Waals surface area (Å²) >= 11 is 6.19. The van der Waals surface area contributed by atoms with E-state index in [1.165, 1.54) is 11.1 Å². The average molecular weight is 452 g/mol. The second kappa shape index (κ2) is 8.10. The van der Waals surface area contributed by atoms with Gasteiger partial charge in [-0.1, -0.05) is 51.4 Å². The number of rotatable bonds is 4. The minimum absolute atomic E-state index is 0.0409. The normalized spacial score (nSPS) is 23.4. The Morgan fingerprint density at radius 2 is 1.88 bits per heavy atom. The summed E-state index contributed by atoms with van der Waals surface area (Å²) in [6.45, 7) is 17.6. The number of carbonyl (C=O) groups excluding carboxylic acids is 1. The fraction of sp³-hybridized carbons (Fsp3) is 0.462. The van der Waals surface area contributed by atoms with Crippen LogP contribution in [-0.4, -0.2) is 36.5 Å². The van der Waals surface area contributed by atoms with E-state index < -0.39 is 0 Å². The van der Waals surface area contributed by atoms with Crippen LogP contribution in [0, 0.1) is 17.4 Å². The van der Waals surface area contributed by atoms with Gasteiger partial charge in [0.2, 0.25) is 5.69 Å². The number of fused-ring (bicyclic) bond motifs is 1. The van der Waals surface area contributed by atoms with E-state index in [-0.39, 0.29) is 28.9 Å². The molecule has 0 aromatic heterocycles. The zero-order valence-electron chi connectivity index (χ0n) is 19.3. The molecule has 0 radical (unpaired) electrons. The fourth-order valence-corrected chi connectivity index (χ4v) is 5.85. The summed E-state index contributed by atoms with van der Waals surface area (Å²) in [5.74, 6) is 0.596. The maximum Gasteiger partial charge on any atom is 0.251 e. The standard InChI is InChI=1S/C26H30ClN3O2/c1-25(2)23(26(3,4)24(25)32-19-9-10-21(28-5)20(27)14-19)29-22(31)17-7-8-18-15-30(6)12-11-16(18)13-17/h7-10,13-14,23-24H,11-12,15H2,1-4,6H3,(H,29,31). The predicted molar refractivity (Wildman–Crippen MR) is 127 cm³/mol. The minimum Gasteiger partial charge on any atom is -0.489 e. The molecule has 0 bridgehead atoms. The third-order valence-corrected chi connectivity index (χ3v) is 7.38. The topological polar surface area (TPSA) is 45.9 Å². The summed E-state index contributed by atoms with van der Waals surface area (Å²) in [6.07, 6.45) is 0.854. The Hall–Kier alpha value is -2.55. The number of hydrogen-bond acceptors (Lipinski definition) is 3. The van der Waals surface area contributed by atoms with E-state index in [0.717, 1.165) is 19.5 Å². The first-order valence-electron chi connectivity index (χ1n) is 11.0. The molecule has 0 spiro atoms. The second-order valence-electron chi connectivity index (χ2n) is 10.2. The van der Waals surface area contributed by atoms with Gasteiger partial charge in [-0.3, -0.25) is 4.79 Å². The maximum atomic E-state index is 13.1. The van der Waals surface area contributed by atoms with Gasteiger partial charge in [0.15, 0.2) is 0 Å². The number of benzene rings is 2. The average Bonchev–Trinajstić information content (AvgIpc) is 2.75. The molecule has 1 aliphatic carbocycles. The predicted octanol–water partition coefficient (Wildman–Crippen LogP) is 5.49. The number of halogens is 1. The molecular formula is C26H30ClN3O2. The van der Waals surface area contributed by atoms with Gasteiger partial charge in [-0.15, -0.1) is 0 Å². The lowest BCUT2D eigenvalue weighted by atomic mass is 9.49. The summed E-state index contributed by atoms with van der Waals surface area (Å²) in [6, 6.07) is 11.2. The lowest BCUT2D eigenvalue weighted by Crippen LogP contribution is -2.74. The lowest BCUT2D eigenvalue weighted by Gasteiger charge is -2.63. The summed E-state index contributed by atoms with van der Waals surface area (Å²) in [4.78, 5) is 18.8. The Bertz CT molecular complexity index is 1090. The first-order valence-corrected chi connectivity index (χ1v) is 11.4. The Morgan fingerprint density at radius 1 is 1.16 bits per heavy atom. The van der Waals surface area contributed by atoms with Crippen LogP contribution in [0.3, 0.4) is 0 Å². The summed E-state index contributed by atoms with van der Waals surface area (Å²) < 4.78 is 6.32. The van der Waals surface area contributed by atoms with Crippen molar-refractivity contribution in [2.75, 3.05) is 13.6 Å². The summed E-state index contributed by atoms with van der Waals surface area (Å²) in [5.41, 5.74) is 3.14. The molecule has 0 saturated heterocycles. The molecular weight excluding hydrogens is 422 g/mol. The van der Waals surface area contributed by atoms with Crippen LogP contribution < -0.4 is 10.1 Å². The molecule has 1 fully saturated rings. The Kier molecular flexibility index (Phi) is 5.73. The highest BCUT2D eigenvalue weighted by molar-refractivity contribution is 6.33. The number of hydrogen-bond donors (Lipinski definition) is 1. The molecule has 168 valence electrons. The number of amides is 1. The maximum absolute atomic E-state index is 13.1. The first-order chi connectivity index (χ1) is 15.0. The quantitative estimate of drug-likeness (QED) is 0.625. The van der Waals surface area contributed by atoms with Crippen molar-refractivity contribution in [2.24, 2.45) is 10.8 Å². The van der Waals surface area contributed by atoms with Crippen molar-refractivity contribution in [3.8, 4) is 5.75 Å². The van der Waals surface area contributed by atoms with Crippen molar-refractivity contribution in [3.05, 3.63) is 69.5 Å². The third-order valence-electron chi connectivity index (χ3n) is 7.08. The van der Waals surface area contributed by atoms with E-state index in [9.17, 15) is 4.79 Å². The largest absolute Gasteiger partial charge is 0.489 e. The number of carbonyl (C=O) groups is 1. The van der Waals surface area contributed by atoms with Crippen LogP contribution >= 0.6 is 11.6 Å². The number of nitrogens with zero attached hydrogens (tertiary/aromatic N) is 2. The zero-order chi connectivity index (χ0) is 23.3. The van der Waals surface area contributed by atoms with Crippen LogP contribution in [0.25, 0.3) is 4.85 Å². The molecule has 1 saturated carbocycles. The molecule has 32 heavy (non-hydrogen) atoms. The summed E-state index contributed by atoms with van der Waals surface area (Å²) in [5, 5.41) is 3.66. The van der Waals surface area contributed by atoms with Crippen LogP contribution in [0.4, 0.5) is 5.69 Å². The van der Waals surface area contributed by atoms with Gasteiger partial charge in [-0.2, -0.15) is 0 Å². The van der Waals surface area contributed by atoms with Gasteiger partial charge in [0.05, 0.1) is 11.6 Å². The van der Waals surface area contributed by atoms with Crippen molar-refractivity contribution in [2.45, 2.75) is 52.8 Å². The van der Waals surface area contributed by atoms with Crippen molar-refractivity contribution in [3.63, 3.8) is 0 Å². The zero-order valence-corrected chi connectivity index (χ0v) is 20.1. The highest BCUT2D eigenvalue weighted by Gasteiger charge is 2.64. The Morgan fingerprint density at radius 3 is 2.53 bits per heavy atom. The van der Waals surface area contributed by atoms with Crippen LogP contribution in [0.15, 0.2) is 36.4 Å². The van der Waals surface area contributed by atoms with E-state index in [4.69, 9.17) is 22.9 Å². The third kappa shape index (κ3) is 3.87. The molecule has 0 unspecified atom stereocenters. The van der Waals surface area contributed by atoms with Gasteiger partial charge >= 0.3 is 0 Å². The molecule has 2 aromatic carbocycles. The van der Waals surface area contributed by atoms with E-state index >= 15 is 0 Å². The number of ether oxygens (including phenoxy) is 1. The molecule has 2 aromatic rings. The molecule has 1 aliphatic heterocycles. The SMILES string of the molecule is [C-]#[N+]c1ccc(OC2C(C)(C)C(NC(=O)c3ccc4c(c3)CCN(C)C4)C2(C)C)cc1Cl. The molecule has 1 heterocycles. The molecule has 2 aliphatic rings. The van der Waals surface area contributed by atoms with E-state index in [2.05, 4.69) is 55.9 Å². The number of likely N-dealkylation sites (N-methyl/N-ethyl adjacent to an activating group) is 1. The van der Waals surface area contributed by atoms with Crippen LogP contribution in [0.1, 0.15) is 49.2 Å². The molecule has 1 amide bonds. The van der Waals surface area contributed by atoms with Gasteiger partial charge in [-0.25, -0.2) is 4.85 Å². The Balaban J connectivity index is 1.49. The van der Waals surface area contributed by atoms with Crippen LogP contribution in [0.2, 0.25) is 5.02 Å². The van der Waals surface area contributed by atoms with Gasteiger partial charge in [0.25, 0.3) is 5.91 Å². The smallest absolute Gasteiger partial charge is 0.251 e. The highest BCUT2D eigenvalue weighted by Crippen LogP contribution is 2.55. The second-order valence-corrected chi connectivity index (χ2v) is 10.7. The van der Waals surface area contributed by atoms with Crippen LogP contribution in [-0.2, 0) is 13.0 Å². The van der Waals surface area contributed by atoms with Gasteiger partial charge in [0.1, 0.15) is 11.9 Å². The molecule has 5 nitrogen and oxygen atoms in total. The fourth-order valence-electron chi connectivity index (χ4n) is 5.64. The minimum atomic E-state index is -0.277. The molecule has 4 rings (SSSR count). The molecule has 6 heteroatoms. The highest BCUT2D eigenvalue weighted by atomic mass is 35.5. The van der Waals surface area contributed by atoms with Crippen molar-refractivity contribution >= 4 is 23.2 Å². The van der Waals surface area contributed by atoms with Crippen molar-refractivity contribution in [1.29, 1.82) is 0 Å². The molecule has 0 atom stereocenters. The van der Waals surface area contributed by atoms with Crippen molar-refractivity contribution in [1.82, 2.24) is 10.2 Å². The first kappa shape index (κ1) is 22.6. The Labute approximate surface area is 195 Å². The van der Waals surface area contributed by atoms with Gasteiger partial charge < -0.3 is 15.0 Å². The van der Waals surface area contributed by atoms with Crippen molar-refractivity contribution < 1.29 is 9.53 Å². The van der Waals surface area contributed by atoms with E-state index in [1.54, 1.807) is 18.2 Å². The number of nitrogens with one attached hydrogen (secondary N) is 1. The lowest BCUT2D eigenvalue weighted by molar-refractivity contribution is -0.164.